The molecule has 0 bridgehead atoms. The molecule has 4 nitrogen and oxygen atoms in total. The third-order valence-electron chi connectivity index (χ3n) is 4.04. The van der Waals surface area contributed by atoms with Gasteiger partial charge in [0.05, 0.1) is 10.6 Å². The Morgan fingerprint density at radius 3 is 2.15 bits per heavy atom. The molecule has 0 aliphatic heterocycles. The molecular weight excluding hydrogens is 428 g/mol. The number of halogens is 2. The topological polar surface area (TPSA) is 58.2 Å². The minimum Gasteiger partial charge on any atom is -0.322 e. The fourth-order valence-electron chi connectivity index (χ4n) is 2.55. The maximum atomic E-state index is 12.6. The molecular formula is C21H16BrClN2O2. The van der Waals surface area contributed by atoms with Gasteiger partial charge in [-0.2, -0.15) is 0 Å². The SMILES string of the molecule is Cc1c(NC(=O)c2ccccc2)cccc1NC(=O)c1cc(Br)ccc1Cl. The van der Waals surface area contributed by atoms with Crippen molar-refractivity contribution >= 4 is 50.7 Å². The van der Waals surface area contributed by atoms with Gasteiger partial charge in [-0.3, -0.25) is 9.59 Å². The van der Waals surface area contributed by atoms with E-state index < -0.39 is 0 Å². The molecule has 27 heavy (non-hydrogen) atoms. The van der Waals surface area contributed by atoms with Crippen LogP contribution in [0.15, 0.2) is 71.2 Å². The Kier molecular flexibility index (Phi) is 5.94. The van der Waals surface area contributed by atoms with Crippen molar-refractivity contribution in [1.29, 1.82) is 0 Å². The molecule has 0 heterocycles. The summed E-state index contributed by atoms with van der Waals surface area (Å²) in [6.45, 7) is 1.83. The van der Waals surface area contributed by atoms with Crippen molar-refractivity contribution in [2.45, 2.75) is 6.92 Å². The first kappa shape index (κ1) is 19.1. The lowest BCUT2D eigenvalue weighted by Crippen LogP contribution is -2.16. The monoisotopic (exact) mass is 442 g/mol. The smallest absolute Gasteiger partial charge is 0.257 e. The molecule has 3 aromatic carbocycles. The van der Waals surface area contributed by atoms with E-state index in [-0.39, 0.29) is 11.8 Å². The number of rotatable bonds is 4. The Morgan fingerprint density at radius 2 is 1.48 bits per heavy atom. The maximum absolute atomic E-state index is 12.6. The van der Waals surface area contributed by atoms with Gasteiger partial charge < -0.3 is 10.6 Å². The Morgan fingerprint density at radius 1 is 0.852 bits per heavy atom. The molecule has 6 heteroatoms. The standard InChI is InChI=1S/C21H16BrClN2O2/c1-13-18(24-20(26)14-6-3-2-4-7-14)8-5-9-19(13)25-21(27)16-12-15(22)10-11-17(16)23/h2-12H,1H3,(H,24,26)(H,25,27). The lowest BCUT2D eigenvalue weighted by molar-refractivity contribution is 0.101. The number of nitrogens with one attached hydrogen (secondary N) is 2. The number of anilines is 2. The van der Waals surface area contributed by atoms with Crippen LogP contribution in [0.4, 0.5) is 11.4 Å². The van der Waals surface area contributed by atoms with Crippen LogP contribution in [0.3, 0.4) is 0 Å². The van der Waals surface area contributed by atoms with E-state index in [0.29, 0.717) is 27.5 Å². The number of benzene rings is 3. The first-order valence-electron chi connectivity index (χ1n) is 8.18. The van der Waals surface area contributed by atoms with Gasteiger partial charge in [-0.05, 0) is 55.0 Å². The summed E-state index contributed by atoms with van der Waals surface area (Å²) in [5.74, 6) is -0.534. The minimum absolute atomic E-state index is 0.211. The third-order valence-corrected chi connectivity index (χ3v) is 4.86. The summed E-state index contributed by atoms with van der Waals surface area (Å²) in [5.41, 5.74) is 2.90. The largest absolute Gasteiger partial charge is 0.322 e. The normalized spacial score (nSPS) is 10.3. The molecule has 0 atom stereocenters. The molecule has 0 radical (unpaired) electrons. The lowest BCUT2D eigenvalue weighted by Gasteiger charge is -2.14. The van der Waals surface area contributed by atoms with Crippen LogP contribution in [-0.4, -0.2) is 11.8 Å². The van der Waals surface area contributed by atoms with E-state index in [9.17, 15) is 9.59 Å². The molecule has 0 aliphatic rings. The van der Waals surface area contributed by atoms with Crippen molar-refractivity contribution in [2.24, 2.45) is 0 Å². The first-order chi connectivity index (χ1) is 13.0. The van der Waals surface area contributed by atoms with Crippen LogP contribution in [0.5, 0.6) is 0 Å². The zero-order valence-electron chi connectivity index (χ0n) is 14.4. The molecule has 0 aliphatic carbocycles. The van der Waals surface area contributed by atoms with Crippen LogP contribution in [0.1, 0.15) is 26.3 Å². The fraction of sp³-hybridized carbons (Fsp3) is 0.0476. The van der Waals surface area contributed by atoms with Gasteiger partial charge >= 0.3 is 0 Å². The van der Waals surface area contributed by atoms with Crippen molar-refractivity contribution in [1.82, 2.24) is 0 Å². The number of amides is 2. The third kappa shape index (κ3) is 4.56. The molecule has 3 aromatic rings. The van der Waals surface area contributed by atoms with Gasteiger partial charge in [0.15, 0.2) is 0 Å². The Balaban J connectivity index is 1.81. The van der Waals surface area contributed by atoms with Gasteiger partial charge in [-0.15, -0.1) is 0 Å². The van der Waals surface area contributed by atoms with Crippen LogP contribution >= 0.6 is 27.5 Å². The second kappa shape index (κ2) is 8.37. The zero-order valence-corrected chi connectivity index (χ0v) is 16.8. The summed E-state index contributed by atoms with van der Waals surface area (Å²) in [4.78, 5) is 25.0. The van der Waals surface area contributed by atoms with Gasteiger partial charge in [-0.25, -0.2) is 0 Å². The average Bonchev–Trinajstić information content (AvgIpc) is 2.67. The first-order valence-corrected chi connectivity index (χ1v) is 9.35. The van der Waals surface area contributed by atoms with Gasteiger partial charge in [0.25, 0.3) is 11.8 Å². The molecule has 0 aromatic heterocycles. The molecule has 0 unspecified atom stereocenters. The summed E-state index contributed by atoms with van der Waals surface area (Å²) in [5, 5.41) is 6.09. The molecule has 2 N–H and O–H groups in total. The van der Waals surface area contributed by atoms with Crippen LogP contribution in [0.2, 0.25) is 5.02 Å². The van der Waals surface area contributed by atoms with E-state index >= 15 is 0 Å². The van der Waals surface area contributed by atoms with E-state index in [1.54, 1.807) is 60.7 Å². The van der Waals surface area contributed by atoms with E-state index in [2.05, 4.69) is 26.6 Å². The van der Waals surface area contributed by atoms with Crippen molar-refractivity contribution < 1.29 is 9.59 Å². The van der Waals surface area contributed by atoms with Crippen LogP contribution in [0, 0.1) is 6.92 Å². The maximum Gasteiger partial charge on any atom is 0.257 e. The van der Waals surface area contributed by atoms with Crippen molar-refractivity contribution in [3.63, 3.8) is 0 Å². The molecule has 0 saturated heterocycles. The number of hydrogen-bond acceptors (Lipinski definition) is 2. The molecule has 3 rings (SSSR count). The second-order valence-corrected chi connectivity index (χ2v) is 7.20. The summed E-state index contributed by atoms with van der Waals surface area (Å²) in [6, 6.07) is 19.4. The molecule has 0 spiro atoms. The van der Waals surface area contributed by atoms with Crippen molar-refractivity contribution in [2.75, 3.05) is 10.6 Å². The number of carbonyl (C=O) groups excluding carboxylic acids is 2. The molecule has 2 amide bonds. The van der Waals surface area contributed by atoms with Crippen LogP contribution in [0.25, 0.3) is 0 Å². The van der Waals surface area contributed by atoms with Gasteiger partial charge in [-0.1, -0.05) is 51.8 Å². The highest BCUT2D eigenvalue weighted by Gasteiger charge is 2.14. The Hall–Kier alpha value is -2.63. The molecule has 0 fully saturated rings. The quantitative estimate of drug-likeness (QED) is 0.526. The fourth-order valence-corrected chi connectivity index (χ4v) is 3.12. The second-order valence-electron chi connectivity index (χ2n) is 5.88. The van der Waals surface area contributed by atoms with E-state index in [4.69, 9.17) is 11.6 Å². The zero-order chi connectivity index (χ0) is 19.4. The van der Waals surface area contributed by atoms with Crippen LogP contribution in [-0.2, 0) is 0 Å². The Labute approximate surface area is 170 Å². The van der Waals surface area contributed by atoms with Crippen molar-refractivity contribution in [3.05, 3.63) is 92.9 Å². The summed E-state index contributed by atoms with van der Waals surface area (Å²) in [6.07, 6.45) is 0. The summed E-state index contributed by atoms with van der Waals surface area (Å²) < 4.78 is 0.762. The molecule has 136 valence electrons. The Bertz CT molecular complexity index is 1010. The number of carbonyl (C=O) groups is 2. The van der Waals surface area contributed by atoms with Gasteiger partial charge in [0, 0.05) is 21.4 Å². The predicted octanol–water partition coefficient (Wildman–Crippen LogP) is 5.92. The molecule has 0 saturated carbocycles. The summed E-state index contributed by atoms with van der Waals surface area (Å²) in [7, 11) is 0. The minimum atomic E-state index is -0.323. The van der Waals surface area contributed by atoms with Gasteiger partial charge in [0.2, 0.25) is 0 Å². The highest BCUT2D eigenvalue weighted by atomic mass is 79.9. The summed E-state index contributed by atoms with van der Waals surface area (Å²) >= 11 is 9.47. The predicted molar refractivity (Wildman–Crippen MR) is 113 cm³/mol. The van der Waals surface area contributed by atoms with Crippen LogP contribution < -0.4 is 10.6 Å². The van der Waals surface area contributed by atoms with E-state index in [0.717, 1.165) is 10.0 Å². The number of hydrogen-bond donors (Lipinski definition) is 2. The van der Waals surface area contributed by atoms with Crippen molar-refractivity contribution in [3.8, 4) is 0 Å². The van der Waals surface area contributed by atoms with E-state index in [1.165, 1.54) is 0 Å². The lowest BCUT2D eigenvalue weighted by atomic mass is 10.1. The highest BCUT2D eigenvalue weighted by molar-refractivity contribution is 9.10. The highest BCUT2D eigenvalue weighted by Crippen LogP contribution is 2.26. The van der Waals surface area contributed by atoms with Gasteiger partial charge in [0.1, 0.15) is 0 Å². The average molecular weight is 444 g/mol. The van der Waals surface area contributed by atoms with E-state index in [1.807, 2.05) is 13.0 Å².